The van der Waals surface area contributed by atoms with E-state index in [1.165, 1.54) is 6.92 Å². The maximum Gasteiger partial charge on any atom is 0.490 e. The average Bonchev–Trinajstić information content (AvgIpc) is 2.75. The number of carbonyl (C=O) groups excluding carboxylic acids is 1. The van der Waals surface area contributed by atoms with Crippen LogP contribution in [0.4, 0.5) is 19.1 Å². The highest BCUT2D eigenvalue weighted by Crippen LogP contribution is 2.24. The fraction of sp³-hybridized carbons (Fsp3) is 0.583. The van der Waals surface area contributed by atoms with Crippen molar-refractivity contribution in [2.45, 2.75) is 32.4 Å². The van der Waals surface area contributed by atoms with Gasteiger partial charge < -0.3 is 20.3 Å². The molecule has 22 heavy (non-hydrogen) atoms. The van der Waals surface area contributed by atoms with E-state index in [1.54, 1.807) is 18.0 Å². The summed E-state index contributed by atoms with van der Waals surface area (Å²) in [7, 11) is 1.76. The molecule has 1 rings (SSSR count). The van der Waals surface area contributed by atoms with Gasteiger partial charge in [-0.15, -0.1) is 0 Å². The van der Waals surface area contributed by atoms with Gasteiger partial charge in [-0.2, -0.15) is 13.2 Å². The van der Waals surface area contributed by atoms with Crippen molar-refractivity contribution in [2.75, 3.05) is 19.3 Å². The van der Waals surface area contributed by atoms with Gasteiger partial charge in [-0.3, -0.25) is 4.79 Å². The van der Waals surface area contributed by atoms with Crippen LogP contribution in [0.25, 0.3) is 0 Å². The highest BCUT2D eigenvalue weighted by Gasteiger charge is 2.38. The summed E-state index contributed by atoms with van der Waals surface area (Å²) in [5, 5.41) is 11.0. The van der Waals surface area contributed by atoms with E-state index in [1.807, 2.05) is 13.8 Å². The van der Waals surface area contributed by atoms with Crippen LogP contribution in [0, 0.1) is 0 Å². The lowest BCUT2D eigenvalue weighted by atomic mass is 9.89. The fourth-order valence-electron chi connectivity index (χ4n) is 1.39. The van der Waals surface area contributed by atoms with E-state index in [2.05, 4.69) is 5.16 Å². The third-order valence-electron chi connectivity index (χ3n) is 2.63. The monoisotopic (exact) mass is 325 g/mol. The summed E-state index contributed by atoms with van der Waals surface area (Å²) in [6.07, 6.45) is -5.08. The van der Waals surface area contributed by atoms with Crippen molar-refractivity contribution in [2.24, 2.45) is 0 Å². The summed E-state index contributed by atoms with van der Waals surface area (Å²) in [5.74, 6) is -2.43. The zero-order valence-electron chi connectivity index (χ0n) is 12.6. The molecule has 10 heteroatoms. The molecule has 1 heterocycles. The number of rotatable bonds is 3. The molecule has 0 unspecified atom stereocenters. The summed E-state index contributed by atoms with van der Waals surface area (Å²) in [6.45, 7) is 6.09. The molecule has 0 aliphatic heterocycles. The van der Waals surface area contributed by atoms with Crippen molar-refractivity contribution < 1.29 is 32.4 Å². The molecule has 1 aromatic heterocycles. The van der Waals surface area contributed by atoms with Gasteiger partial charge in [0.1, 0.15) is 0 Å². The molecule has 0 radical (unpaired) electrons. The number of likely N-dealkylation sites (N-methyl/N-ethyl adjacent to an activating group) is 1. The first-order valence-corrected chi connectivity index (χ1v) is 6.02. The fourth-order valence-corrected chi connectivity index (χ4v) is 1.39. The first kappa shape index (κ1) is 19.7. The standard InChI is InChI=1S/C10H17N3O2.C2HF3O2/c1-7(14)13(4)6-10(2,3)8-5-9(11)15-12-8;3-2(4,5)1(6)7/h5H,6,11H2,1-4H3;(H,6,7). The summed E-state index contributed by atoms with van der Waals surface area (Å²) in [5.41, 5.74) is 5.95. The molecular formula is C12H18F3N3O4. The van der Waals surface area contributed by atoms with Gasteiger partial charge in [0.25, 0.3) is 0 Å². The van der Waals surface area contributed by atoms with Gasteiger partial charge in [-0.25, -0.2) is 4.79 Å². The molecule has 7 nitrogen and oxygen atoms in total. The lowest BCUT2D eigenvalue weighted by Crippen LogP contribution is -2.37. The number of nitrogens with zero attached hydrogens (tertiary/aromatic N) is 2. The Bertz CT molecular complexity index is 526. The van der Waals surface area contributed by atoms with Crippen molar-refractivity contribution in [3.63, 3.8) is 0 Å². The van der Waals surface area contributed by atoms with Crippen LogP contribution in [0.5, 0.6) is 0 Å². The zero-order valence-corrected chi connectivity index (χ0v) is 12.6. The van der Waals surface area contributed by atoms with E-state index in [0.717, 1.165) is 5.69 Å². The van der Waals surface area contributed by atoms with E-state index in [4.69, 9.17) is 20.2 Å². The molecule has 0 saturated heterocycles. The molecule has 0 saturated carbocycles. The predicted octanol–water partition coefficient (Wildman–Crippen LogP) is 1.65. The number of hydrogen-bond acceptors (Lipinski definition) is 5. The Kier molecular flexibility index (Phi) is 6.41. The smallest absolute Gasteiger partial charge is 0.475 e. The number of aliphatic carboxylic acids is 1. The van der Waals surface area contributed by atoms with Crippen molar-refractivity contribution in [1.29, 1.82) is 0 Å². The van der Waals surface area contributed by atoms with Crippen LogP contribution in [0.2, 0.25) is 0 Å². The molecule has 0 atom stereocenters. The minimum absolute atomic E-state index is 0.0274. The Morgan fingerprint density at radius 1 is 1.41 bits per heavy atom. The molecule has 1 amide bonds. The Labute approximate surface area is 124 Å². The van der Waals surface area contributed by atoms with E-state index in [0.29, 0.717) is 12.4 Å². The number of nitrogens with two attached hydrogens (primary N) is 1. The highest BCUT2D eigenvalue weighted by molar-refractivity contribution is 5.73. The minimum Gasteiger partial charge on any atom is -0.475 e. The average molecular weight is 325 g/mol. The quantitative estimate of drug-likeness (QED) is 0.874. The van der Waals surface area contributed by atoms with Crippen LogP contribution >= 0.6 is 0 Å². The first-order chi connectivity index (χ1) is 9.77. The number of carbonyl (C=O) groups is 2. The van der Waals surface area contributed by atoms with E-state index >= 15 is 0 Å². The summed E-state index contributed by atoms with van der Waals surface area (Å²) in [4.78, 5) is 21.7. The Hall–Kier alpha value is -2.26. The minimum atomic E-state index is -5.08. The second kappa shape index (κ2) is 7.14. The lowest BCUT2D eigenvalue weighted by molar-refractivity contribution is -0.192. The van der Waals surface area contributed by atoms with Crippen molar-refractivity contribution >= 4 is 17.8 Å². The topological polar surface area (TPSA) is 110 Å². The molecule has 0 aromatic carbocycles. The maximum atomic E-state index is 11.1. The van der Waals surface area contributed by atoms with Crippen LogP contribution in [-0.2, 0) is 15.0 Å². The number of halogens is 3. The number of amides is 1. The number of carboxylic acid groups (broad SMARTS) is 1. The SMILES string of the molecule is CC(=O)N(C)CC(C)(C)c1cc(N)on1.O=C(O)C(F)(F)F. The highest BCUT2D eigenvalue weighted by atomic mass is 19.4. The molecule has 0 spiro atoms. The first-order valence-electron chi connectivity index (χ1n) is 6.02. The summed E-state index contributed by atoms with van der Waals surface area (Å²) >= 11 is 0. The molecule has 0 bridgehead atoms. The number of carboxylic acids is 1. The molecule has 0 fully saturated rings. The molecule has 1 aromatic rings. The number of anilines is 1. The Balaban J connectivity index is 0.000000534. The van der Waals surface area contributed by atoms with Gasteiger partial charge in [-0.1, -0.05) is 19.0 Å². The Morgan fingerprint density at radius 3 is 2.14 bits per heavy atom. The maximum absolute atomic E-state index is 11.1. The van der Waals surface area contributed by atoms with Gasteiger partial charge in [-0.05, 0) is 0 Å². The molecule has 126 valence electrons. The Morgan fingerprint density at radius 2 is 1.86 bits per heavy atom. The van der Waals surface area contributed by atoms with Crippen molar-refractivity contribution in [1.82, 2.24) is 10.1 Å². The number of nitrogen functional groups attached to an aromatic ring is 1. The van der Waals surface area contributed by atoms with Gasteiger partial charge in [0, 0.05) is 32.0 Å². The van der Waals surface area contributed by atoms with E-state index in [9.17, 15) is 18.0 Å². The molecule has 3 N–H and O–H groups in total. The van der Waals surface area contributed by atoms with Crippen LogP contribution in [0.15, 0.2) is 10.6 Å². The summed E-state index contributed by atoms with van der Waals surface area (Å²) in [6, 6.07) is 1.69. The van der Waals surface area contributed by atoms with E-state index < -0.39 is 12.1 Å². The number of aromatic nitrogens is 1. The van der Waals surface area contributed by atoms with Crippen molar-refractivity contribution in [3.8, 4) is 0 Å². The third kappa shape index (κ3) is 6.46. The van der Waals surface area contributed by atoms with Crippen molar-refractivity contribution in [3.05, 3.63) is 11.8 Å². The molecule has 0 aliphatic rings. The van der Waals surface area contributed by atoms with E-state index in [-0.39, 0.29) is 11.3 Å². The molecular weight excluding hydrogens is 307 g/mol. The lowest BCUT2D eigenvalue weighted by Gasteiger charge is -2.27. The third-order valence-corrected chi connectivity index (χ3v) is 2.63. The van der Waals surface area contributed by atoms with Gasteiger partial charge >= 0.3 is 12.1 Å². The largest absolute Gasteiger partial charge is 0.490 e. The number of alkyl halides is 3. The van der Waals surface area contributed by atoms with Crippen LogP contribution < -0.4 is 5.73 Å². The second-order valence-electron chi connectivity index (χ2n) is 5.18. The van der Waals surface area contributed by atoms with Crippen LogP contribution in [-0.4, -0.2) is 46.8 Å². The normalized spacial score (nSPS) is 11.4. The number of hydrogen-bond donors (Lipinski definition) is 2. The summed E-state index contributed by atoms with van der Waals surface area (Å²) < 4.78 is 36.6. The van der Waals surface area contributed by atoms with Crippen LogP contribution in [0.1, 0.15) is 26.5 Å². The second-order valence-corrected chi connectivity index (χ2v) is 5.18. The van der Waals surface area contributed by atoms with Crippen LogP contribution in [0.3, 0.4) is 0 Å². The predicted molar refractivity (Wildman–Crippen MR) is 70.9 cm³/mol. The molecule has 0 aliphatic carbocycles. The van der Waals surface area contributed by atoms with Gasteiger partial charge in [0.15, 0.2) is 0 Å². The van der Waals surface area contributed by atoms with Gasteiger partial charge in [0.2, 0.25) is 11.8 Å². The zero-order chi connectivity index (χ0) is 17.7. The van der Waals surface area contributed by atoms with Gasteiger partial charge in [0.05, 0.1) is 5.69 Å².